The van der Waals surface area contributed by atoms with Gasteiger partial charge in [-0.1, -0.05) is 29.3 Å². The van der Waals surface area contributed by atoms with Crippen molar-refractivity contribution in [1.82, 2.24) is 9.97 Å². The van der Waals surface area contributed by atoms with Crippen LogP contribution in [0.4, 0.5) is 5.69 Å². The second kappa shape index (κ2) is 8.34. The SMILES string of the molecule is Cc1cc2nc(-c3ccc(NC(=O)/C=C/c4ccc(Cl)cc4Cl)cc3)[nH]c2cc1C. The fourth-order valence-corrected chi connectivity index (χ4v) is 3.58. The van der Waals surface area contributed by atoms with Gasteiger partial charge >= 0.3 is 0 Å². The summed E-state index contributed by atoms with van der Waals surface area (Å²) in [6.07, 6.45) is 3.09. The number of nitrogens with one attached hydrogen (secondary N) is 2. The molecule has 2 N–H and O–H groups in total. The van der Waals surface area contributed by atoms with Crippen molar-refractivity contribution in [3.05, 3.63) is 87.4 Å². The summed E-state index contributed by atoms with van der Waals surface area (Å²) in [7, 11) is 0. The summed E-state index contributed by atoms with van der Waals surface area (Å²) in [5.74, 6) is 0.550. The third-order valence-electron chi connectivity index (χ3n) is 4.90. The molecule has 0 unspecified atom stereocenters. The Kier molecular flexibility index (Phi) is 5.62. The van der Waals surface area contributed by atoms with Gasteiger partial charge in [0.15, 0.2) is 0 Å². The molecule has 0 spiro atoms. The maximum atomic E-state index is 12.2. The smallest absolute Gasteiger partial charge is 0.248 e. The Balaban J connectivity index is 1.47. The zero-order chi connectivity index (χ0) is 21.3. The third-order valence-corrected chi connectivity index (χ3v) is 5.46. The van der Waals surface area contributed by atoms with E-state index < -0.39 is 0 Å². The fraction of sp³-hybridized carbons (Fsp3) is 0.0833. The van der Waals surface area contributed by atoms with Crippen LogP contribution in [-0.2, 0) is 4.79 Å². The lowest BCUT2D eigenvalue weighted by atomic mass is 10.1. The highest BCUT2D eigenvalue weighted by atomic mass is 35.5. The van der Waals surface area contributed by atoms with E-state index in [1.165, 1.54) is 17.2 Å². The Hall–Kier alpha value is -3.08. The van der Waals surface area contributed by atoms with Gasteiger partial charge in [0.2, 0.25) is 5.91 Å². The molecule has 3 aromatic carbocycles. The van der Waals surface area contributed by atoms with Gasteiger partial charge in [-0.05, 0) is 85.1 Å². The van der Waals surface area contributed by atoms with Gasteiger partial charge in [-0.15, -0.1) is 0 Å². The van der Waals surface area contributed by atoms with Crippen LogP contribution < -0.4 is 5.32 Å². The lowest BCUT2D eigenvalue weighted by molar-refractivity contribution is -0.111. The molecule has 1 aromatic heterocycles. The maximum absolute atomic E-state index is 12.2. The van der Waals surface area contributed by atoms with Crippen molar-refractivity contribution in [2.24, 2.45) is 0 Å². The molecule has 0 saturated carbocycles. The van der Waals surface area contributed by atoms with E-state index in [1.54, 1.807) is 24.3 Å². The van der Waals surface area contributed by atoms with E-state index in [2.05, 4.69) is 41.3 Å². The molecule has 0 aliphatic rings. The quantitative estimate of drug-likeness (QED) is 0.346. The Morgan fingerprint density at radius 1 is 1.00 bits per heavy atom. The Bertz CT molecular complexity index is 1230. The Morgan fingerprint density at radius 2 is 1.73 bits per heavy atom. The van der Waals surface area contributed by atoms with Crippen LogP contribution >= 0.6 is 23.2 Å². The van der Waals surface area contributed by atoms with Crippen LogP contribution in [0.3, 0.4) is 0 Å². The molecule has 30 heavy (non-hydrogen) atoms. The van der Waals surface area contributed by atoms with Gasteiger partial charge in [0.05, 0.1) is 11.0 Å². The molecular weight excluding hydrogens is 417 g/mol. The van der Waals surface area contributed by atoms with E-state index >= 15 is 0 Å². The number of H-pyrrole nitrogens is 1. The molecule has 0 atom stereocenters. The first kappa shape index (κ1) is 20.2. The van der Waals surface area contributed by atoms with Crippen LogP contribution in [0.25, 0.3) is 28.5 Å². The molecule has 150 valence electrons. The van der Waals surface area contributed by atoms with E-state index in [0.29, 0.717) is 15.7 Å². The molecule has 4 aromatic rings. The van der Waals surface area contributed by atoms with Gasteiger partial charge in [0, 0.05) is 27.4 Å². The van der Waals surface area contributed by atoms with E-state index in [0.717, 1.165) is 28.0 Å². The highest BCUT2D eigenvalue weighted by Crippen LogP contribution is 2.25. The average Bonchev–Trinajstić information content (AvgIpc) is 3.11. The first-order valence-electron chi connectivity index (χ1n) is 9.40. The van der Waals surface area contributed by atoms with Crippen molar-refractivity contribution in [3.63, 3.8) is 0 Å². The van der Waals surface area contributed by atoms with Crippen LogP contribution in [0.5, 0.6) is 0 Å². The molecule has 0 bridgehead atoms. The Labute approximate surface area is 184 Å². The lowest BCUT2D eigenvalue weighted by Crippen LogP contribution is -2.07. The molecule has 1 amide bonds. The van der Waals surface area contributed by atoms with E-state index in [4.69, 9.17) is 23.2 Å². The van der Waals surface area contributed by atoms with Gasteiger partial charge in [-0.25, -0.2) is 4.98 Å². The number of nitrogens with zero attached hydrogens (tertiary/aromatic N) is 1. The number of benzene rings is 3. The molecule has 0 aliphatic carbocycles. The number of carbonyl (C=O) groups is 1. The minimum Gasteiger partial charge on any atom is -0.338 e. The summed E-state index contributed by atoms with van der Waals surface area (Å²) in [5.41, 5.74) is 6.76. The predicted molar refractivity (Wildman–Crippen MR) is 125 cm³/mol. The van der Waals surface area contributed by atoms with Crippen molar-refractivity contribution >= 4 is 51.9 Å². The standard InChI is InChI=1S/C24H19Cl2N3O/c1-14-11-21-22(12-15(14)2)29-24(28-21)17-4-8-19(9-5-17)27-23(30)10-6-16-3-7-18(25)13-20(16)26/h3-13H,1-2H3,(H,27,30)(H,28,29)/b10-6+. The van der Waals surface area contributed by atoms with Gasteiger partial charge in [-0.3, -0.25) is 4.79 Å². The molecule has 4 rings (SSSR count). The number of aromatic amines is 1. The molecule has 6 heteroatoms. The fourth-order valence-electron chi connectivity index (χ4n) is 3.10. The van der Waals surface area contributed by atoms with Crippen LogP contribution in [0.15, 0.2) is 60.7 Å². The number of imidazole rings is 1. The lowest BCUT2D eigenvalue weighted by Gasteiger charge is -2.04. The summed E-state index contributed by atoms with van der Waals surface area (Å²) in [5, 5.41) is 3.88. The van der Waals surface area contributed by atoms with Crippen molar-refractivity contribution in [2.45, 2.75) is 13.8 Å². The summed E-state index contributed by atoms with van der Waals surface area (Å²) in [6.45, 7) is 4.16. The zero-order valence-electron chi connectivity index (χ0n) is 16.5. The van der Waals surface area contributed by atoms with Crippen LogP contribution in [0, 0.1) is 13.8 Å². The minimum atomic E-state index is -0.247. The van der Waals surface area contributed by atoms with Gasteiger partial charge in [0.1, 0.15) is 5.82 Å². The van der Waals surface area contributed by atoms with E-state index in [9.17, 15) is 4.79 Å². The zero-order valence-corrected chi connectivity index (χ0v) is 18.0. The topological polar surface area (TPSA) is 57.8 Å². The molecular formula is C24H19Cl2N3O. The first-order chi connectivity index (χ1) is 14.4. The van der Waals surface area contributed by atoms with Crippen molar-refractivity contribution in [3.8, 4) is 11.4 Å². The largest absolute Gasteiger partial charge is 0.338 e. The maximum Gasteiger partial charge on any atom is 0.248 e. The molecule has 0 fully saturated rings. The van der Waals surface area contributed by atoms with Crippen LogP contribution in [0.1, 0.15) is 16.7 Å². The third kappa shape index (κ3) is 4.40. The normalized spacial score (nSPS) is 11.3. The number of aromatic nitrogens is 2. The molecule has 0 radical (unpaired) electrons. The van der Waals surface area contributed by atoms with Crippen LogP contribution in [-0.4, -0.2) is 15.9 Å². The second-order valence-electron chi connectivity index (χ2n) is 7.10. The number of carbonyl (C=O) groups excluding carboxylic acids is 1. The second-order valence-corrected chi connectivity index (χ2v) is 7.95. The number of anilines is 1. The number of fused-ring (bicyclic) bond motifs is 1. The van der Waals surface area contributed by atoms with E-state index in [-0.39, 0.29) is 5.91 Å². The summed E-state index contributed by atoms with van der Waals surface area (Å²) < 4.78 is 0. The molecule has 4 nitrogen and oxygen atoms in total. The first-order valence-corrected chi connectivity index (χ1v) is 10.2. The van der Waals surface area contributed by atoms with Crippen molar-refractivity contribution in [1.29, 1.82) is 0 Å². The highest BCUT2D eigenvalue weighted by Gasteiger charge is 2.07. The molecule has 0 aliphatic heterocycles. The number of rotatable bonds is 4. The van der Waals surface area contributed by atoms with Gasteiger partial charge < -0.3 is 10.3 Å². The predicted octanol–water partition coefficient (Wildman–Crippen LogP) is 6.81. The highest BCUT2D eigenvalue weighted by molar-refractivity contribution is 6.35. The number of hydrogen-bond donors (Lipinski definition) is 2. The van der Waals surface area contributed by atoms with Crippen molar-refractivity contribution in [2.75, 3.05) is 5.32 Å². The average molecular weight is 436 g/mol. The number of hydrogen-bond acceptors (Lipinski definition) is 2. The molecule has 1 heterocycles. The Morgan fingerprint density at radius 3 is 2.47 bits per heavy atom. The monoisotopic (exact) mass is 435 g/mol. The summed E-state index contributed by atoms with van der Waals surface area (Å²) in [4.78, 5) is 20.2. The minimum absolute atomic E-state index is 0.247. The van der Waals surface area contributed by atoms with E-state index in [1.807, 2.05) is 24.3 Å². The van der Waals surface area contributed by atoms with Gasteiger partial charge in [0.25, 0.3) is 0 Å². The summed E-state index contributed by atoms with van der Waals surface area (Å²) >= 11 is 12.0. The van der Waals surface area contributed by atoms with Crippen LogP contribution in [0.2, 0.25) is 10.0 Å². The van der Waals surface area contributed by atoms with Crippen molar-refractivity contribution < 1.29 is 4.79 Å². The number of amides is 1. The van der Waals surface area contributed by atoms with Gasteiger partial charge in [-0.2, -0.15) is 0 Å². The number of aryl methyl sites for hydroxylation is 2. The molecule has 0 saturated heterocycles. The number of halogens is 2. The summed E-state index contributed by atoms with van der Waals surface area (Å²) in [6, 6.07) is 16.9.